The highest BCUT2D eigenvalue weighted by Gasteiger charge is 2.11. The number of nitrogens with two attached hydrogens (primary N) is 1. The number of aldehydes is 1. The first-order chi connectivity index (χ1) is 6.06. The molecule has 2 N–H and O–H groups in total. The number of carbonyl (C=O) groups excluding carboxylic acids is 2. The van der Waals surface area contributed by atoms with Crippen LogP contribution in [0.25, 0.3) is 0 Å². The van der Waals surface area contributed by atoms with E-state index in [1.807, 2.05) is 0 Å². The molecular weight excluding hydrogens is 173 g/mol. The Labute approximate surface area is 74.4 Å². The number of halogens is 1. The van der Waals surface area contributed by atoms with Gasteiger partial charge in [-0.3, -0.25) is 9.59 Å². The van der Waals surface area contributed by atoms with E-state index in [1.165, 1.54) is 6.92 Å². The number of hydrogen-bond acceptors (Lipinski definition) is 3. The molecule has 13 heavy (non-hydrogen) atoms. The number of ketones is 1. The average molecular weight is 181 g/mol. The Morgan fingerprint density at radius 2 is 2.15 bits per heavy atom. The Kier molecular flexibility index (Phi) is 2.41. The molecule has 0 unspecified atom stereocenters. The van der Waals surface area contributed by atoms with Gasteiger partial charge in [-0.25, -0.2) is 4.39 Å². The smallest absolute Gasteiger partial charge is 0.160 e. The van der Waals surface area contributed by atoms with Gasteiger partial charge in [0.25, 0.3) is 0 Å². The first kappa shape index (κ1) is 9.38. The fourth-order valence-corrected chi connectivity index (χ4v) is 1.06. The van der Waals surface area contributed by atoms with Gasteiger partial charge in [-0.1, -0.05) is 0 Å². The van der Waals surface area contributed by atoms with Gasteiger partial charge in [0.1, 0.15) is 5.82 Å². The monoisotopic (exact) mass is 181 g/mol. The fourth-order valence-electron chi connectivity index (χ4n) is 1.06. The summed E-state index contributed by atoms with van der Waals surface area (Å²) in [5.41, 5.74) is 5.40. The minimum Gasteiger partial charge on any atom is -0.398 e. The number of Topliss-reactive ketones (excluding diaryl/α,β-unsaturated/α-hetero) is 1. The van der Waals surface area contributed by atoms with Crippen LogP contribution in [0.3, 0.4) is 0 Å². The van der Waals surface area contributed by atoms with Gasteiger partial charge < -0.3 is 5.73 Å². The zero-order valence-corrected chi connectivity index (χ0v) is 7.00. The van der Waals surface area contributed by atoms with Gasteiger partial charge in [0, 0.05) is 16.8 Å². The van der Waals surface area contributed by atoms with E-state index in [2.05, 4.69) is 0 Å². The molecule has 0 bridgehead atoms. The van der Waals surface area contributed by atoms with Crippen LogP contribution in [-0.4, -0.2) is 12.1 Å². The molecule has 1 aromatic carbocycles. The Bertz CT molecular complexity index is 374. The Balaban J connectivity index is 3.46. The molecular formula is C9H8FNO2. The SMILES string of the molecule is CC(=O)c1cc(F)cc(N)c1C=O. The molecule has 0 aromatic heterocycles. The Hall–Kier alpha value is -1.71. The van der Waals surface area contributed by atoms with Crippen LogP contribution >= 0.6 is 0 Å². The van der Waals surface area contributed by atoms with Crippen molar-refractivity contribution in [2.45, 2.75) is 6.92 Å². The van der Waals surface area contributed by atoms with Crippen LogP contribution in [0.15, 0.2) is 12.1 Å². The first-order valence-electron chi connectivity index (χ1n) is 3.61. The lowest BCUT2D eigenvalue weighted by molar-refractivity contribution is 0.100. The summed E-state index contributed by atoms with van der Waals surface area (Å²) in [6, 6.07) is 2.01. The van der Waals surface area contributed by atoms with Crippen molar-refractivity contribution in [1.29, 1.82) is 0 Å². The number of hydrogen-bond donors (Lipinski definition) is 1. The van der Waals surface area contributed by atoms with Gasteiger partial charge in [0.15, 0.2) is 12.1 Å². The molecule has 3 nitrogen and oxygen atoms in total. The highest BCUT2D eigenvalue weighted by molar-refractivity contribution is 6.04. The lowest BCUT2D eigenvalue weighted by atomic mass is 10.0. The van der Waals surface area contributed by atoms with Gasteiger partial charge >= 0.3 is 0 Å². The standard InChI is InChI=1S/C9H8FNO2/c1-5(13)7-2-6(10)3-9(11)8(7)4-12/h2-4H,11H2,1H3. The highest BCUT2D eigenvalue weighted by atomic mass is 19.1. The van der Waals surface area contributed by atoms with E-state index in [-0.39, 0.29) is 22.6 Å². The number of carbonyl (C=O) groups is 2. The fraction of sp³-hybridized carbons (Fsp3) is 0.111. The highest BCUT2D eigenvalue weighted by Crippen LogP contribution is 2.17. The molecule has 68 valence electrons. The Morgan fingerprint density at radius 1 is 1.54 bits per heavy atom. The van der Waals surface area contributed by atoms with Crippen LogP contribution in [0.4, 0.5) is 10.1 Å². The van der Waals surface area contributed by atoms with Gasteiger partial charge in [0.05, 0.1) is 0 Å². The molecule has 0 saturated carbocycles. The van der Waals surface area contributed by atoms with Gasteiger partial charge in [-0.15, -0.1) is 0 Å². The number of benzene rings is 1. The summed E-state index contributed by atoms with van der Waals surface area (Å²) in [5, 5.41) is 0. The predicted molar refractivity (Wildman–Crippen MR) is 46.2 cm³/mol. The van der Waals surface area contributed by atoms with Crippen molar-refractivity contribution in [2.75, 3.05) is 5.73 Å². The van der Waals surface area contributed by atoms with E-state index in [1.54, 1.807) is 0 Å². The third-order valence-corrected chi connectivity index (χ3v) is 1.67. The maximum absolute atomic E-state index is 12.8. The molecule has 4 heteroatoms. The largest absolute Gasteiger partial charge is 0.398 e. The third-order valence-electron chi connectivity index (χ3n) is 1.67. The summed E-state index contributed by atoms with van der Waals surface area (Å²) >= 11 is 0. The first-order valence-corrected chi connectivity index (χ1v) is 3.61. The minimum absolute atomic E-state index is 0.0137. The molecule has 0 saturated heterocycles. The molecule has 0 amide bonds. The van der Waals surface area contributed by atoms with E-state index in [0.717, 1.165) is 12.1 Å². The summed E-state index contributed by atoms with van der Waals surface area (Å²) in [5.74, 6) is -0.999. The van der Waals surface area contributed by atoms with Crippen molar-refractivity contribution in [3.63, 3.8) is 0 Å². The molecule has 0 aliphatic heterocycles. The topological polar surface area (TPSA) is 60.2 Å². The van der Waals surface area contributed by atoms with Crippen LogP contribution in [0.1, 0.15) is 27.6 Å². The van der Waals surface area contributed by atoms with Crippen LogP contribution in [0.5, 0.6) is 0 Å². The van der Waals surface area contributed by atoms with E-state index in [4.69, 9.17) is 5.73 Å². The van der Waals surface area contributed by atoms with Crippen LogP contribution in [0.2, 0.25) is 0 Å². The van der Waals surface area contributed by atoms with Crippen LogP contribution < -0.4 is 5.73 Å². The number of nitrogen functional groups attached to an aromatic ring is 1. The van der Waals surface area contributed by atoms with Gasteiger partial charge in [-0.05, 0) is 19.1 Å². The van der Waals surface area contributed by atoms with E-state index < -0.39 is 5.82 Å². The molecule has 0 aliphatic rings. The second-order valence-electron chi connectivity index (χ2n) is 2.63. The molecule has 0 radical (unpaired) electrons. The molecule has 1 rings (SSSR count). The van der Waals surface area contributed by atoms with Gasteiger partial charge in [0.2, 0.25) is 0 Å². The molecule has 1 aromatic rings. The predicted octanol–water partition coefficient (Wildman–Crippen LogP) is 1.42. The zero-order valence-electron chi connectivity index (χ0n) is 7.00. The van der Waals surface area contributed by atoms with Crippen molar-refractivity contribution in [2.24, 2.45) is 0 Å². The molecule has 0 atom stereocenters. The van der Waals surface area contributed by atoms with E-state index in [0.29, 0.717) is 6.29 Å². The minimum atomic E-state index is -0.617. The van der Waals surface area contributed by atoms with Gasteiger partial charge in [-0.2, -0.15) is 0 Å². The average Bonchev–Trinajstić information content (AvgIpc) is 2.02. The molecule has 0 heterocycles. The van der Waals surface area contributed by atoms with Crippen molar-refractivity contribution >= 4 is 17.8 Å². The maximum atomic E-state index is 12.8. The summed E-state index contributed by atoms with van der Waals surface area (Å²) in [6.45, 7) is 1.25. The Morgan fingerprint density at radius 3 is 2.62 bits per heavy atom. The summed E-state index contributed by atoms with van der Waals surface area (Å²) < 4.78 is 12.8. The lowest BCUT2D eigenvalue weighted by Crippen LogP contribution is -2.04. The zero-order chi connectivity index (χ0) is 10.0. The van der Waals surface area contributed by atoms with Crippen molar-refractivity contribution in [3.05, 3.63) is 29.1 Å². The second-order valence-corrected chi connectivity index (χ2v) is 2.63. The van der Waals surface area contributed by atoms with Crippen molar-refractivity contribution in [1.82, 2.24) is 0 Å². The quantitative estimate of drug-likeness (QED) is 0.426. The summed E-state index contributed by atoms with van der Waals surface area (Å²) in [4.78, 5) is 21.5. The number of anilines is 1. The molecule has 0 fully saturated rings. The van der Waals surface area contributed by atoms with Crippen molar-refractivity contribution < 1.29 is 14.0 Å². The lowest BCUT2D eigenvalue weighted by Gasteiger charge is -2.03. The molecule has 0 spiro atoms. The normalized spacial score (nSPS) is 9.69. The van der Waals surface area contributed by atoms with Crippen LogP contribution in [0, 0.1) is 5.82 Å². The van der Waals surface area contributed by atoms with Crippen LogP contribution in [-0.2, 0) is 0 Å². The van der Waals surface area contributed by atoms with E-state index in [9.17, 15) is 14.0 Å². The van der Waals surface area contributed by atoms with Crippen molar-refractivity contribution in [3.8, 4) is 0 Å². The second kappa shape index (κ2) is 3.35. The third kappa shape index (κ3) is 1.72. The number of rotatable bonds is 2. The van der Waals surface area contributed by atoms with E-state index >= 15 is 0 Å². The summed E-state index contributed by atoms with van der Waals surface area (Å²) in [7, 11) is 0. The summed E-state index contributed by atoms with van der Waals surface area (Å²) in [6.07, 6.45) is 0.450. The molecule has 0 aliphatic carbocycles. The maximum Gasteiger partial charge on any atom is 0.160 e.